The third-order valence-corrected chi connectivity index (χ3v) is 2.13. The third kappa shape index (κ3) is 12.9. The summed E-state index contributed by atoms with van der Waals surface area (Å²) < 4.78 is 6.94. The first-order valence-corrected chi connectivity index (χ1v) is 6.74. The lowest BCUT2D eigenvalue weighted by Crippen LogP contribution is -2.26. The van der Waals surface area contributed by atoms with Crippen LogP contribution in [0.1, 0.15) is 47.0 Å². The first-order chi connectivity index (χ1) is 6.49. The molecule has 0 aliphatic heterocycles. The molecule has 0 aliphatic rings. The van der Waals surface area contributed by atoms with Crippen LogP contribution < -0.4 is 0 Å². The number of hydrogen-bond acceptors (Lipinski definition) is 1. The first-order valence-electron chi connectivity index (χ1n) is 5.21. The summed E-state index contributed by atoms with van der Waals surface area (Å²) in [7, 11) is 0. The van der Waals surface area contributed by atoms with Gasteiger partial charge in [-0.1, -0.05) is 35.4 Å². The van der Waals surface area contributed by atoms with Gasteiger partial charge in [0.2, 0.25) is 0 Å². The minimum Gasteiger partial charge on any atom is -0.360 e. The van der Waals surface area contributed by atoms with Gasteiger partial charge in [0.1, 0.15) is 6.10 Å². The molecule has 0 amide bonds. The van der Waals surface area contributed by atoms with Crippen molar-refractivity contribution in [3.8, 4) is 11.8 Å². The third-order valence-electron chi connectivity index (χ3n) is 1.51. The van der Waals surface area contributed by atoms with Crippen LogP contribution in [0.25, 0.3) is 0 Å². The van der Waals surface area contributed by atoms with E-state index in [9.17, 15) is 0 Å². The van der Waals surface area contributed by atoms with Crippen LogP contribution in [0.3, 0.4) is 0 Å². The second-order valence-electron chi connectivity index (χ2n) is 4.27. The molecule has 0 aliphatic carbocycles. The molecule has 1 atom stereocenters. The molecule has 0 aromatic rings. The molecule has 0 fully saturated rings. The van der Waals surface area contributed by atoms with Gasteiger partial charge in [-0.05, 0) is 33.6 Å². The number of halogens is 1. The van der Waals surface area contributed by atoms with Crippen molar-refractivity contribution in [3.63, 3.8) is 0 Å². The van der Waals surface area contributed by atoms with Gasteiger partial charge < -0.3 is 4.74 Å². The highest BCUT2D eigenvalue weighted by molar-refractivity contribution is 14.1. The minimum atomic E-state index is -0.0859. The maximum Gasteiger partial charge on any atom is 0.316 e. The Hall–Kier alpha value is 1.02. The lowest BCUT2D eigenvalue weighted by atomic mass is 10.1. The lowest BCUT2D eigenvalue weighted by Gasteiger charge is -2.23. The molecule has 1 nitrogen and oxygen atoms in total. The van der Waals surface area contributed by atoms with Crippen molar-refractivity contribution in [3.05, 3.63) is 0 Å². The van der Waals surface area contributed by atoms with Crippen LogP contribution >= 0.6 is 22.6 Å². The number of unbranched alkanes of at least 4 members (excludes halogenated alkanes) is 1. The van der Waals surface area contributed by atoms with E-state index in [0.29, 0.717) is 0 Å². The molecule has 0 radical (unpaired) electrons. The molecule has 0 saturated heterocycles. The highest BCUT2D eigenvalue weighted by Gasteiger charge is 2.16. The van der Waals surface area contributed by atoms with Crippen LogP contribution in [0.15, 0.2) is 0 Å². The molecule has 86 valence electrons. The van der Waals surface area contributed by atoms with Crippen molar-refractivity contribution < 1.29 is 4.74 Å². The lowest BCUT2D eigenvalue weighted by molar-refractivity contribution is -0.0340. The average Bonchev–Trinajstić information content (AvgIpc) is 2.02. The number of alkyl halides is 1. The predicted molar refractivity (Wildman–Crippen MR) is 79.4 cm³/mol. The zero-order chi connectivity index (χ0) is 11.0. The fourth-order valence-corrected chi connectivity index (χ4v) is 1.56. The van der Waals surface area contributed by atoms with Gasteiger partial charge >= 0.3 is 23.1 Å². The normalized spacial score (nSPS) is 12.3. The Balaban J connectivity index is 0. The summed E-state index contributed by atoms with van der Waals surface area (Å²) in [4.78, 5) is 0. The van der Waals surface area contributed by atoms with Crippen molar-refractivity contribution in [2.75, 3.05) is 4.43 Å². The second-order valence-corrected chi connectivity index (χ2v) is 5.35. The minimum absolute atomic E-state index is 0. The van der Waals surface area contributed by atoms with E-state index in [1.807, 2.05) is 0 Å². The van der Waals surface area contributed by atoms with Crippen molar-refractivity contribution in [2.24, 2.45) is 0 Å². The van der Waals surface area contributed by atoms with Gasteiger partial charge in [-0.3, -0.25) is 0 Å². The fraction of sp³-hybridized carbons (Fsp3) is 0.833. The zero-order valence-corrected chi connectivity index (χ0v) is 11.8. The van der Waals surface area contributed by atoms with Crippen molar-refractivity contribution in [2.45, 2.75) is 58.7 Å². The Labute approximate surface area is 124 Å². The number of ether oxygens (including phenoxy) is 1. The molecule has 0 spiro atoms. The van der Waals surface area contributed by atoms with Gasteiger partial charge in [-0.15, -0.1) is 5.92 Å². The molecule has 0 bridgehead atoms. The fourth-order valence-electron chi connectivity index (χ4n) is 0.997. The Bertz CT molecular complexity index is 200. The first kappa shape index (κ1) is 18.4. The smallest absolute Gasteiger partial charge is 0.316 e. The van der Waals surface area contributed by atoms with Crippen LogP contribution in [-0.2, 0) is 4.74 Å². The van der Waals surface area contributed by atoms with Gasteiger partial charge in [-0.2, -0.15) is 0 Å². The van der Waals surface area contributed by atoms with Crippen LogP contribution in [0, 0.1) is 11.8 Å². The van der Waals surface area contributed by atoms with Gasteiger partial charge in [0.15, 0.2) is 0 Å². The van der Waals surface area contributed by atoms with Crippen molar-refractivity contribution in [1.29, 1.82) is 0 Å². The Morgan fingerprint density at radius 3 is 2.33 bits per heavy atom. The van der Waals surface area contributed by atoms with E-state index in [1.54, 1.807) is 0 Å². The average molecular weight is 335 g/mol. The van der Waals surface area contributed by atoms with Gasteiger partial charge in [0, 0.05) is 10.8 Å². The monoisotopic (exact) mass is 334 g/mol. The highest BCUT2D eigenvalue weighted by Crippen LogP contribution is 2.13. The van der Waals surface area contributed by atoms with E-state index in [4.69, 9.17) is 4.74 Å². The molecule has 0 saturated carbocycles. The topological polar surface area (TPSA) is 9.23 Å². The summed E-state index contributed by atoms with van der Waals surface area (Å²) in [5.74, 6) is 6.37. The number of rotatable bonds is 4. The summed E-state index contributed by atoms with van der Waals surface area (Å²) in [5, 5.41) is 0. The molecule has 0 N–H and O–H groups in total. The van der Waals surface area contributed by atoms with Gasteiger partial charge in [0.05, 0.1) is 5.60 Å². The van der Waals surface area contributed by atoms with E-state index in [1.165, 1.54) is 0 Å². The second kappa shape index (κ2) is 10.2. The maximum absolute atomic E-state index is 5.85. The SMILES string of the molecule is CCCC#CC(CCI)OC(C)(C)C.[MgH2]. The molecule has 0 aromatic heterocycles. The van der Waals surface area contributed by atoms with Gasteiger partial charge in [-0.25, -0.2) is 0 Å². The molecule has 15 heavy (non-hydrogen) atoms. The van der Waals surface area contributed by atoms with Crippen LogP contribution in [-0.4, -0.2) is 39.2 Å². The van der Waals surface area contributed by atoms with Crippen molar-refractivity contribution in [1.82, 2.24) is 0 Å². The van der Waals surface area contributed by atoms with Crippen molar-refractivity contribution >= 4 is 45.6 Å². The summed E-state index contributed by atoms with van der Waals surface area (Å²) in [6, 6.07) is 0. The molecular formula is C12H23IMgO. The highest BCUT2D eigenvalue weighted by atomic mass is 127. The largest absolute Gasteiger partial charge is 0.360 e. The van der Waals surface area contributed by atoms with E-state index in [2.05, 4.69) is 62.1 Å². The van der Waals surface area contributed by atoms with E-state index < -0.39 is 0 Å². The van der Waals surface area contributed by atoms with Gasteiger partial charge in [0.25, 0.3) is 0 Å². The van der Waals surface area contributed by atoms with Crippen LogP contribution in [0.4, 0.5) is 0 Å². The van der Waals surface area contributed by atoms with E-state index in [0.717, 1.165) is 23.7 Å². The van der Waals surface area contributed by atoms with E-state index in [-0.39, 0.29) is 34.8 Å². The molecule has 0 rings (SSSR count). The molecule has 1 unspecified atom stereocenters. The number of hydrogen-bond donors (Lipinski definition) is 0. The summed E-state index contributed by atoms with van der Waals surface area (Å²) in [6.07, 6.45) is 3.23. The van der Waals surface area contributed by atoms with Crippen LogP contribution in [0.2, 0.25) is 0 Å². The predicted octanol–water partition coefficient (Wildman–Crippen LogP) is 2.88. The Morgan fingerprint density at radius 2 is 1.93 bits per heavy atom. The molecule has 3 heteroatoms. The molecular weight excluding hydrogens is 311 g/mol. The standard InChI is InChI=1S/C12H21IO.Mg.2H/c1-5-6-7-8-11(9-10-13)14-12(2,3)4;;;/h11H,5-6,9-10H2,1-4H3;;;. The molecule has 0 heterocycles. The zero-order valence-electron chi connectivity index (χ0n) is 9.69. The summed E-state index contributed by atoms with van der Waals surface area (Å²) in [5.41, 5.74) is -0.0859. The summed E-state index contributed by atoms with van der Waals surface area (Å²) >= 11 is 2.37. The van der Waals surface area contributed by atoms with Crippen LogP contribution in [0.5, 0.6) is 0 Å². The molecule has 0 aromatic carbocycles. The summed E-state index contributed by atoms with van der Waals surface area (Å²) in [6.45, 7) is 8.38. The Morgan fingerprint density at radius 1 is 1.33 bits per heavy atom. The van der Waals surface area contributed by atoms with E-state index >= 15 is 0 Å². The Kier molecular flexibility index (Phi) is 12.5. The maximum atomic E-state index is 5.85. The quantitative estimate of drug-likeness (QED) is 0.332.